The van der Waals surface area contributed by atoms with E-state index in [9.17, 15) is 0 Å². The highest BCUT2D eigenvalue weighted by atomic mass is 14.2. The molecule has 0 nitrogen and oxygen atoms in total. The third kappa shape index (κ3) is 5.57. The molecule has 0 radical (unpaired) electrons. The average Bonchev–Trinajstić information content (AvgIpc) is 3.13. The lowest BCUT2D eigenvalue weighted by Crippen LogP contribution is -2.29. The van der Waals surface area contributed by atoms with Gasteiger partial charge in [0.1, 0.15) is 0 Å². The maximum atomic E-state index is 2.43. The van der Waals surface area contributed by atoms with Gasteiger partial charge in [-0.1, -0.05) is 151 Å². The van der Waals surface area contributed by atoms with Crippen LogP contribution in [-0.4, -0.2) is 0 Å². The molecule has 0 fully saturated rings. The molecule has 3 aliphatic carbocycles. The van der Waals surface area contributed by atoms with Crippen molar-refractivity contribution in [3.8, 4) is 11.1 Å². The summed E-state index contributed by atoms with van der Waals surface area (Å²) in [6.07, 6.45) is 22.6. The third-order valence-corrected chi connectivity index (χ3v) is 9.82. The van der Waals surface area contributed by atoms with Crippen LogP contribution in [0.2, 0.25) is 0 Å². The minimum atomic E-state index is 0.924. The first-order valence-electron chi connectivity index (χ1n) is 16.7. The zero-order valence-electron chi connectivity index (χ0n) is 26.3. The molecule has 0 amide bonds. The Morgan fingerprint density at radius 2 is 1.41 bits per heavy atom. The van der Waals surface area contributed by atoms with Crippen molar-refractivity contribution in [2.45, 2.75) is 38.5 Å². The van der Waals surface area contributed by atoms with Gasteiger partial charge in [0.05, 0.1) is 0 Å². The van der Waals surface area contributed by atoms with Crippen molar-refractivity contribution in [2.24, 2.45) is 0 Å². The number of benzene rings is 5. The van der Waals surface area contributed by atoms with Gasteiger partial charge in [-0.25, -0.2) is 0 Å². The molecular formula is C46H38. The van der Waals surface area contributed by atoms with Crippen molar-refractivity contribution in [1.82, 2.24) is 0 Å². The minimum Gasteiger partial charge on any atom is -0.0801 e. The molecule has 0 heteroatoms. The third-order valence-electron chi connectivity index (χ3n) is 9.82. The van der Waals surface area contributed by atoms with E-state index in [0.29, 0.717) is 0 Å². The highest BCUT2D eigenvalue weighted by molar-refractivity contribution is 5.99. The van der Waals surface area contributed by atoms with Crippen molar-refractivity contribution in [1.29, 1.82) is 0 Å². The summed E-state index contributed by atoms with van der Waals surface area (Å²) in [7, 11) is 0. The Labute approximate surface area is 272 Å². The Bertz CT molecular complexity index is 2230. The van der Waals surface area contributed by atoms with Gasteiger partial charge in [-0.05, 0) is 122 Å². The van der Waals surface area contributed by atoms with Crippen molar-refractivity contribution in [3.63, 3.8) is 0 Å². The van der Waals surface area contributed by atoms with E-state index in [2.05, 4.69) is 158 Å². The van der Waals surface area contributed by atoms with Crippen molar-refractivity contribution in [2.75, 3.05) is 0 Å². The number of rotatable bonds is 6. The molecule has 46 heavy (non-hydrogen) atoms. The lowest BCUT2D eigenvalue weighted by molar-refractivity contribution is 0.875. The van der Waals surface area contributed by atoms with E-state index in [1.54, 1.807) is 5.57 Å². The second-order valence-electron chi connectivity index (χ2n) is 12.7. The molecule has 0 aromatic heterocycles. The summed E-state index contributed by atoms with van der Waals surface area (Å²) < 4.78 is 0. The first-order valence-corrected chi connectivity index (χ1v) is 16.7. The zero-order valence-corrected chi connectivity index (χ0v) is 26.3. The molecule has 0 saturated carbocycles. The molecule has 5 aromatic carbocycles. The highest BCUT2D eigenvalue weighted by Crippen LogP contribution is 2.41. The molecule has 8 rings (SSSR count). The van der Waals surface area contributed by atoms with E-state index in [4.69, 9.17) is 0 Å². The second kappa shape index (κ2) is 12.7. The summed E-state index contributed by atoms with van der Waals surface area (Å²) in [5.41, 5.74) is 13.9. The van der Waals surface area contributed by atoms with Crippen LogP contribution in [0.3, 0.4) is 0 Å². The molecule has 0 atom stereocenters. The van der Waals surface area contributed by atoms with Crippen LogP contribution < -0.4 is 10.4 Å². The van der Waals surface area contributed by atoms with Crippen LogP contribution in [0.1, 0.15) is 48.8 Å². The Hall–Kier alpha value is -5.20. The number of hydrogen-bond acceptors (Lipinski definition) is 0. The van der Waals surface area contributed by atoms with Crippen molar-refractivity contribution in [3.05, 3.63) is 196 Å². The zero-order chi connectivity index (χ0) is 30.7. The fraction of sp³-hybridized carbons (Fsp3) is 0.130. The molecule has 222 valence electrons. The Morgan fingerprint density at radius 1 is 0.630 bits per heavy atom. The molecule has 3 aliphatic rings. The Kier molecular flexibility index (Phi) is 7.78. The summed E-state index contributed by atoms with van der Waals surface area (Å²) in [6, 6.07) is 42.5. The lowest BCUT2D eigenvalue weighted by Gasteiger charge is -2.23. The topological polar surface area (TPSA) is 0 Å². The van der Waals surface area contributed by atoms with E-state index in [1.807, 2.05) is 0 Å². The molecule has 0 bridgehead atoms. The maximum absolute atomic E-state index is 2.43. The molecule has 0 heterocycles. The van der Waals surface area contributed by atoms with Gasteiger partial charge in [0.25, 0.3) is 0 Å². The predicted molar refractivity (Wildman–Crippen MR) is 197 cm³/mol. The van der Waals surface area contributed by atoms with E-state index >= 15 is 0 Å². The van der Waals surface area contributed by atoms with E-state index in [1.165, 1.54) is 71.3 Å². The number of fused-ring (bicyclic) bond motifs is 2. The summed E-state index contributed by atoms with van der Waals surface area (Å²) in [6.45, 7) is 0. The van der Waals surface area contributed by atoms with Crippen LogP contribution >= 0.6 is 0 Å². The molecule has 0 N–H and O–H groups in total. The van der Waals surface area contributed by atoms with Gasteiger partial charge in [0, 0.05) is 0 Å². The lowest BCUT2D eigenvalue weighted by atomic mass is 9.81. The van der Waals surface area contributed by atoms with Crippen LogP contribution in [0.25, 0.3) is 39.1 Å². The van der Waals surface area contributed by atoms with Gasteiger partial charge in [-0.3, -0.25) is 0 Å². The van der Waals surface area contributed by atoms with Gasteiger partial charge in [0.15, 0.2) is 0 Å². The maximum Gasteiger partial charge on any atom is -0.00577 e. The molecule has 0 spiro atoms. The summed E-state index contributed by atoms with van der Waals surface area (Å²) >= 11 is 0. The quantitative estimate of drug-likeness (QED) is 0.185. The van der Waals surface area contributed by atoms with E-state index in [0.717, 1.165) is 38.5 Å². The van der Waals surface area contributed by atoms with Crippen LogP contribution in [-0.2, 0) is 6.42 Å². The molecule has 5 aromatic rings. The standard InChI is InChI=1S/C46H38/c1-3-14-35(15-4-1)44-31-38-19-7-8-20-39(38)32-45(44)46(37-17-5-2-6-18-37)43-24-12-10-21-40(43)30-33-26-28-36(29-27-33)42-25-13-22-34-16-9-11-23-41(34)42/h1-12,14-17,19-24,26,28,31-32H,13,18,25,27,29-30H2. The molecule has 0 unspecified atom stereocenters. The predicted octanol–water partition coefficient (Wildman–Crippen LogP) is 10.4. The summed E-state index contributed by atoms with van der Waals surface area (Å²) in [4.78, 5) is 0. The SMILES string of the molecule is C1=CCC(=C(c2ccccc2CC2=CC=C(C3=c4ccccc4=CCC3)CC2)c2cc3ccccc3cc2-c2ccccc2)C=C1. The van der Waals surface area contributed by atoms with Gasteiger partial charge in [-0.15, -0.1) is 0 Å². The second-order valence-corrected chi connectivity index (χ2v) is 12.7. The van der Waals surface area contributed by atoms with Gasteiger partial charge < -0.3 is 0 Å². The molecular weight excluding hydrogens is 553 g/mol. The summed E-state index contributed by atoms with van der Waals surface area (Å²) in [5.74, 6) is 0. The molecule has 0 saturated heterocycles. The smallest absolute Gasteiger partial charge is 0.00577 e. The largest absolute Gasteiger partial charge is 0.0801 e. The van der Waals surface area contributed by atoms with Crippen LogP contribution in [0.5, 0.6) is 0 Å². The van der Waals surface area contributed by atoms with Crippen molar-refractivity contribution < 1.29 is 0 Å². The van der Waals surface area contributed by atoms with Crippen LogP contribution in [0, 0.1) is 0 Å². The van der Waals surface area contributed by atoms with E-state index in [-0.39, 0.29) is 0 Å². The normalized spacial score (nSPS) is 16.8. The fourth-order valence-corrected chi connectivity index (χ4v) is 7.53. The summed E-state index contributed by atoms with van der Waals surface area (Å²) in [5, 5.41) is 5.37. The first-order chi connectivity index (χ1) is 22.8. The molecule has 0 aliphatic heterocycles. The first kappa shape index (κ1) is 28.3. The van der Waals surface area contributed by atoms with Crippen LogP contribution in [0.4, 0.5) is 0 Å². The van der Waals surface area contributed by atoms with Crippen molar-refractivity contribution >= 4 is 28.0 Å². The average molecular weight is 591 g/mol. The minimum absolute atomic E-state index is 0.924. The Morgan fingerprint density at radius 3 is 2.24 bits per heavy atom. The van der Waals surface area contributed by atoms with Gasteiger partial charge in [0.2, 0.25) is 0 Å². The highest BCUT2D eigenvalue weighted by Gasteiger charge is 2.21. The number of hydrogen-bond donors (Lipinski definition) is 0. The Balaban J connectivity index is 1.24. The van der Waals surface area contributed by atoms with Gasteiger partial charge >= 0.3 is 0 Å². The number of allylic oxidation sites excluding steroid dienone is 9. The van der Waals surface area contributed by atoms with E-state index < -0.39 is 0 Å². The van der Waals surface area contributed by atoms with Gasteiger partial charge in [-0.2, -0.15) is 0 Å². The monoisotopic (exact) mass is 590 g/mol. The fourth-order valence-electron chi connectivity index (χ4n) is 7.53. The van der Waals surface area contributed by atoms with Crippen LogP contribution in [0.15, 0.2) is 168 Å².